The molecule has 1 rings (SSSR count). The predicted octanol–water partition coefficient (Wildman–Crippen LogP) is 2.97. The Balaban J connectivity index is 3.19. The molecule has 0 atom stereocenters. The van der Waals surface area contributed by atoms with E-state index in [1.165, 1.54) is 5.56 Å². The van der Waals surface area contributed by atoms with E-state index in [2.05, 4.69) is 46.7 Å². The first kappa shape index (κ1) is 12.5. The average Bonchev–Trinajstić information content (AvgIpc) is 2.17. The minimum absolute atomic E-state index is 0.350. The number of nitrogens with two attached hydrogens (primary N) is 1. The van der Waals surface area contributed by atoms with Crippen LogP contribution in [-0.4, -0.2) is 7.11 Å². The van der Waals surface area contributed by atoms with Crippen LogP contribution in [0.1, 0.15) is 30.9 Å². The molecule has 0 heterocycles. The Hall–Kier alpha value is -0.580. The van der Waals surface area contributed by atoms with Gasteiger partial charge in [-0.25, -0.2) is 5.90 Å². The maximum atomic E-state index is 5.28. The van der Waals surface area contributed by atoms with E-state index in [9.17, 15) is 0 Å². The molecule has 0 spiro atoms. The molecule has 0 unspecified atom stereocenters. The fourth-order valence-electron chi connectivity index (χ4n) is 1.43. The summed E-state index contributed by atoms with van der Waals surface area (Å²) < 4.78 is 6.21. The van der Waals surface area contributed by atoms with Gasteiger partial charge in [-0.15, -0.1) is 0 Å². The van der Waals surface area contributed by atoms with Crippen LogP contribution in [0.5, 0.6) is 5.75 Å². The Morgan fingerprint density at radius 1 is 1.40 bits per heavy atom. The van der Waals surface area contributed by atoms with Crippen molar-refractivity contribution in [3.05, 3.63) is 27.7 Å². The zero-order valence-corrected chi connectivity index (χ0v) is 10.8. The van der Waals surface area contributed by atoms with Gasteiger partial charge in [-0.05, 0) is 39.5 Å². The number of hydrogen-bond acceptors (Lipinski definition) is 3. The summed E-state index contributed by atoms with van der Waals surface area (Å²) in [6.45, 7) is 4.63. The first-order valence-corrected chi connectivity index (χ1v) is 5.57. The van der Waals surface area contributed by atoms with Crippen molar-refractivity contribution >= 4 is 15.9 Å². The van der Waals surface area contributed by atoms with Crippen LogP contribution in [0, 0.1) is 0 Å². The molecule has 2 N–H and O–H groups in total. The van der Waals surface area contributed by atoms with Crippen molar-refractivity contribution in [2.75, 3.05) is 7.11 Å². The molecular formula is C11H16BrNO2. The van der Waals surface area contributed by atoms with E-state index in [-0.39, 0.29) is 0 Å². The van der Waals surface area contributed by atoms with Crippen molar-refractivity contribution in [3.8, 4) is 5.75 Å². The number of hydrogen-bond donors (Lipinski definition) is 1. The van der Waals surface area contributed by atoms with Gasteiger partial charge in [0.25, 0.3) is 0 Å². The maximum Gasteiger partial charge on any atom is 0.138 e. The standard InChI is InChI=1S/C11H16BrNO2/c1-7(2)8-4-9(6-15-13)11(14-3)10(12)5-8/h4-5,7H,6,13H2,1-3H3. The number of ether oxygens (including phenoxy) is 1. The van der Waals surface area contributed by atoms with E-state index in [0.29, 0.717) is 12.5 Å². The summed E-state index contributed by atoms with van der Waals surface area (Å²) in [5.74, 6) is 6.33. The molecule has 84 valence electrons. The topological polar surface area (TPSA) is 44.5 Å². The Labute approximate surface area is 98.6 Å². The second-order valence-corrected chi connectivity index (χ2v) is 4.52. The van der Waals surface area contributed by atoms with Gasteiger partial charge in [-0.2, -0.15) is 0 Å². The van der Waals surface area contributed by atoms with Crippen molar-refractivity contribution in [3.63, 3.8) is 0 Å². The number of methoxy groups -OCH3 is 1. The highest BCUT2D eigenvalue weighted by Crippen LogP contribution is 2.33. The van der Waals surface area contributed by atoms with Crippen LogP contribution < -0.4 is 10.6 Å². The first-order valence-electron chi connectivity index (χ1n) is 4.78. The highest BCUT2D eigenvalue weighted by Gasteiger charge is 2.11. The smallest absolute Gasteiger partial charge is 0.138 e. The summed E-state index contributed by atoms with van der Waals surface area (Å²) in [4.78, 5) is 4.66. The lowest BCUT2D eigenvalue weighted by atomic mass is 10.0. The van der Waals surface area contributed by atoms with Crippen LogP contribution >= 0.6 is 15.9 Å². The summed E-state index contributed by atoms with van der Waals surface area (Å²) in [7, 11) is 1.63. The van der Waals surface area contributed by atoms with Gasteiger partial charge in [0, 0.05) is 5.56 Å². The highest BCUT2D eigenvalue weighted by atomic mass is 79.9. The van der Waals surface area contributed by atoms with Crippen molar-refractivity contribution in [1.82, 2.24) is 0 Å². The number of halogens is 1. The largest absolute Gasteiger partial charge is 0.495 e. The van der Waals surface area contributed by atoms with E-state index in [4.69, 9.17) is 10.6 Å². The number of rotatable bonds is 4. The molecule has 0 aliphatic carbocycles. The quantitative estimate of drug-likeness (QED) is 0.858. The molecule has 0 fully saturated rings. The molecule has 0 aliphatic rings. The summed E-state index contributed by atoms with van der Waals surface area (Å²) in [6, 6.07) is 4.12. The van der Waals surface area contributed by atoms with E-state index in [0.717, 1.165) is 15.8 Å². The highest BCUT2D eigenvalue weighted by molar-refractivity contribution is 9.10. The van der Waals surface area contributed by atoms with Crippen LogP contribution in [0.3, 0.4) is 0 Å². The molecule has 0 saturated carbocycles. The van der Waals surface area contributed by atoms with Crippen LogP contribution in [0.25, 0.3) is 0 Å². The normalized spacial score (nSPS) is 10.8. The lowest BCUT2D eigenvalue weighted by Gasteiger charge is -2.14. The second-order valence-electron chi connectivity index (χ2n) is 3.66. The Kier molecular flexibility index (Phi) is 4.57. The van der Waals surface area contributed by atoms with E-state index in [1.54, 1.807) is 7.11 Å². The van der Waals surface area contributed by atoms with Crippen LogP contribution in [0.2, 0.25) is 0 Å². The van der Waals surface area contributed by atoms with Crippen LogP contribution in [0.4, 0.5) is 0 Å². The molecule has 0 bridgehead atoms. The SMILES string of the molecule is COc1c(Br)cc(C(C)C)cc1CON. The minimum atomic E-state index is 0.350. The molecular weight excluding hydrogens is 258 g/mol. The van der Waals surface area contributed by atoms with E-state index in [1.807, 2.05) is 0 Å². The zero-order valence-electron chi connectivity index (χ0n) is 9.21. The van der Waals surface area contributed by atoms with Gasteiger partial charge < -0.3 is 4.74 Å². The Bertz CT molecular complexity index is 340. The third-order valence-electron chi connectivity index (χ3n) is 2.25. The molecule has 15 heavy (non-hydrogen) atoms. The van der Waals surface area contributed by atoms with Crippen molar-refractivity contribution in [2.45, 2.75) is 26.4 Å². The molecule has 1 aromatic carbocycles. The summed E-state index contributed by atoms with van der Waals surface area (Å²) in [5, 5.41) is 0. The Morgan fingerprint density at radius 3 is 2.53 bits per heavy atom. The molecule has 0 aromatic heterocycles. The molecule has 0 aliphatic heterocycles. The molecule has 0 radical (unpaired) electrons. The third-order valence-corrected chi connectivity index (χ3v) is 2.84. The van der Waals surface area contributed by atoms with Crippen molar-refractivity contribution in [2.24, 2.45) is 5.90 Å². The lowest BCUT2D eigenvalue weighted by Crippen LogP contribution is -2.03. The fourth-order valence-corrected chi connectivity index (χ4v) is 2.11. The van der Waals surface area contributed by atoms with Crippen LogP contribution in [-0.2, 0) is 11.4 Å². The average molecular weight is 274 g/mol. The fraction of sp³-hybridized carbons (Fsp3) is 0.455. The maximum absolute atomic E-state index is 5.28. The summed E-state index contributed by atoms with van der Waals surface area (Å²) in [6.07, 6.45) is 0. The van der Waals surface area contributed by atoms with Gasteiger partial charge in [0.2, 0.25) is 0 Å². The zero-order chi connectivity index (χ0) is 11.4. The van der Waals surface area contributed by atoms with Gasteiger partial charge in [0.15, 0.2) is 0 Å². The Morgan fingerprint density at radius 2 is 2.07 bits per heavy atom. The van der Waals surface area contributed by atoms with E-state index >= 15 is 0 Å². The summed E-state index contributed by atoms with van der Waals surface area (Å²) in [5.41, 5.74) is 2.19. The van der Waals surface area contributed by atoms with Gasteiger partial charge in [-0.3, -0.25) is 4.84 Å². The molecule has 1 aromatic rings. The second kappa shape index (κ2) is 5.49. The van der Waals surface area contributed by atoms with Crippen molar-refractivity contribution < 1.29 is 9.57 Å². The van der Waals surface area contributed by atoms with Gasteiger partial charge in [0.05, 0.1) is 18.2 Å². The third kappa shape index (κ3) is 2.93. The van der Waals surface area contributed by atoms with Gasteiger partial charge in [0.1, 0.15) is 5.75 Å². The minimum Gasteiger partial charge on any atom is -0.495 e. The lowest BCUT2D eigenvalue weighted by molar-refractivity contribution is 0.122. The predicted molar refractivity (Wildman–Crippen MR) is 63.8 cm³/mol. The molecule has 4 heteroatoms. The molecule has 3 nitrogen and oxygen atoms in total. The summed E-state index contributed by atoms with van der Waals surface area (Å²) >= 11 is 3.48. The van der Waals surface area contributed by atoms with Gasteiger partial charge in [-0.1, -0.05) is 13.8 Å². The van der Waals surface area contributed by atoms with Crippen LogP contribution in [0.15, 0.2) is 16.6 Å². The number of benzene rings is 1. The molecule has 0 saturated heterocycles. The first-order chi connectivity index (χ1) is 7.10. The van der Waals surface area contributed by atoms with Gasteiger partial charge >= 0.3 is 0 Å². The van der Waals surface area contributed by atoms with E-state index < -0.39 is 0 Å². The van der Waals surface area contributed by atoms with Crippen molar-refractivity contribution in [1.29, 1.82) is 0 Å². The molecule has 0 amide bonds. The monoisotopic (exact) mass is 273 g/mol.